The smallest absolute Gasteiger partial charge is 0.191 e. The van der Waals surface area contributed by atoms with Gasteiger partial charge in [0.15, 0.2) is 5.96 Å². The predicted molar refractivity (Wildman–Crippen MR) is 131 cm³/mol. The first-order valence-corrected chi connectivity index (χ1v) is 10.2. The van der Waals surface area contributed by atoms with E-state index in [2.05, 4.69) is 23.6 Å². The molecule has 6 nitrogen and oxygen atoms in total. The van der Waals surface area contributed by atoms with E-state index in [1.165, 1.54) is 5.56 Å². The molecule has 1 aliphatic rings. The van der Waals surface area contributed by atoms with E-state index in [0.717, 1.165) is 35.6 Å². The molecule has 1 heterocycles. The number of aliphatic hydroxyl groups excluding tert-OH is 1. The van der Waals surface area contributed by atoms with Gasteiger partial charge in [0.2, 0.25) is 0 Å². The first-order chi connectivity index (χ1) is 14.1. The van der Waals surface area contributed by atoms with Crippen molar-refractivity contribution in [3.05, 3.63) is 59.2 Å². The first kappa shape index (κ1) is 24.3. The number of ether oxygens (including phenoxy) is 2. The standard InChI is InChI=1S/C23H31N3O3.HI/c1-4-24-23(26-14-20(15-27)17-8-6-5-7-9-17)25-13-19-12-22-18(10-16(2)29-22)11-21(19)28-3;/h5-9,11-12,16,20,27H,4,10,13-15H2,1-3H3,(H2,24,25,26);1H. The van der Waals surface area contributed by atoms with Crippen molar-refractivity contribution in [1.29, 1.82) is 0 Å². The van der Waals surface area contributed by atoms with Crippen molar-refractivity contribution >= 4 is 29.9 Å². The lowest BCUT2D eigenvalue weighted by molar-refractivity contribution is 0.254. The zero-order valence-corrected chi connectivity index (χ0v) is 20.2. The SMILES string of the molecule is CCNC(=NCc1cc2c(cc1OC)CC(C)O2)NCC(CO)c1ccccc1.I. The fourth-order valence-corrected chi connectivity index (χ4v) is 3.53. The number of rotatable bonds is 8. The summed E-state index contributed by atoms with van der Waals surface area (Å²) in [6, 6.07) is 14.1. The topological polar surface area (TPSA) is 75.1 Å². The molecule has 3 N–H and O–H groups in total. The molecule has 2 unspecified atom stereocenters. The average Bonchev–Trinajstić information content (AvgIpc) is 3.11. The minimum atomic E-state index is 0. The number of benzene rings is 2. The Morgan fingerprint density at radius 3 is 2.70 bits per heavy atom. The van der Waals surface area contributed by atoms with Crippen molar-refractivity contribution in [3.8, 4) is 11.5 Å². The molecule has 2 atom stereocenters. The van der Waals surface area contributed by atoms with Crippen LogP contribution in [0.25, 0.3) is 0 Å². The van der Waals surface area contributed by atoms with Crippen molar-refractivity contribution in [3.63, 3.8) is 0 Å². The summed E-state index contributed by atoms with van der Waals surface area (Å²) in [6.45, 7) is 5.99. The lowest BCUT2D eigenvalue weighted by atomic mass is 10.0. The molecule has 0 aromatic heterocycles. The molecule has 3 rings (SSSR count). The van der Waals surface area contributed by atoms with Crippen LogP contribution in [0.1, 0.15) is 36.5 Å². The molecule has 164 valence electrons. The number of hydrogen-bond acceptors (Lipinski definition) is 4. The molecule has 7 heteroatoms. The van der Waals surface area contributed by atoms with Crippen LogP contribution in [0.2, 0.25) is 0 Å². The largest absolute Gasteiger partial charge is 0.496 e. The minimum Gasteiger partial charge on any atom is -0.496 e. The highest BCUT2D eigenvalue weighted by atomic mass is 127. The Morgan fingerprint density at radius 2 is 2.03 bits per heavy atom. The van der Waals surface area contributed by atoms with E-state index in [9.17, 15) is 5.11 Å². The van der Waals surface area contributed by atoms with Gasteiger partial charge in [0.1, 0.15) is 17.6 Å². The summed E-state index contributed by atoms with van der Waals surface area (Å²) in [7, 11) is 1.68. The summed E-state index contributed by atoms with van der Waals surface area (Å²) in [5.41, 5.74) is 3.27. The van der Waals surface area contributed by atoms with Crippen LogP contribution < -0.4 is 20.1 Å². The van der Waals surface area contributed by atoms with Gasteiger partial charge in [-0.25, -0.2) is 4.99 Å². The number of nitrogens with zero attached hydrogens (tertiary/aromatic N) is 1. The molecule has 0 radical (unpaired) electrons. The predicted octanol–water partition coefficient (Wildman–Crippen LogP) is 3.47. The molecule has 0 saturated heterocycles. The number of nitrogens with one attached hydrogen (secondary N) is 2. The monoisotopic (exact) mass is 525 g/mol. The van der Waals surface area contributed by atoms with Crippen LogP contribution in [-0.2, 0) is 13.0 Å². The third kappa shape index (κ3) is 6.25. The van der Waals surface area contributed by atoms with Gasteiger partial charge in [-0.3, -0.25) is 0 Å². The van der Waals surface area contributed by atoms with Crippen LogP contribution >= 0.6 is 24.0 Å². The molecule has 2 aromatic carbocycles. The normalized spacial score (nSPS) is 16.1. The van der Waals surface area contributed by atoms with Gasteiger partial charge in [-0.1, -0.05) is 30.3 Å². The van der Waals surface area contributed by atoms with E-state index in [4.69, 9.17) is 14.5 Å². The second kappa shape index (κ2) is 12.0. The lowest BCUT2D eigenvalue weighted by Gasteiger charge is -2.18. The van der Waals surface area contributed by atoms with Crippen LogP contribution in [0.15, 0.2) is 47.5 Å². The van der Waals surface area contributed by atoms with Gasteiger partial charge in [-0.05, 0) is 31.5 Å². The molecule has 0 spiro atoms. The van der Waals surface area contributed by atoms with E-state index in [1.54, 1.807) is 7.11 Å². The van der Waals surface area contributed by atoms with E-state index in [1.807, 2.05) is 43.3 Å². The molecule has 0 aliphatic carbocycles. The van der Waals surface area contributed by atoms with Gasteiger partial charge < -0.3 is 25.2 Å². The van der Waals surface area contributed by atoms with E-state index >= 15 is 0 Å². The van der Waals surface area contributed by atoms with Crippen molar-refractivity contribution in [1.82, 2.24) is 10.6 Å². The Balaban J connectivity index is 0.00000320. The Hall–Kier alpha value is -2.00. The maximum absolute atomic E-state index is 9.78. The number of hydrogen-bond donors (Lipinski definition) is 3. The zero-order valence-electron chi connectivity index (χ0n) is 17.9. The van der Waals surface area contributed by atoms with Gasteiger partial charge in [-0.2, -0.15) is 0 Å². The third-order valence-corrected chi connectivity index (χ3v) is 5.06. The molecule has 1 aliphatic heterocycles. The summed E-state index contributed by atoms with van der Waals surface area (Å²) >= 11 is 0. The number of aliphatic imine (C=N–C) groups is 1. The Morgan fingerprint density at radius 1 is 1.27 bits per heavy atom. The summed E-state index contributed by atoms with van der Waals surface area (Å²) in [5, 5.41) is 16.4. The highest BCUT2D eigenvalue weighted by Gasteiger charge is 2.21. The lowest BCUT2D eigenvalue weighted by Crippen LogP contribution is -2.39. The summed E-state index contributed by atoms with van der Waals surface area (Å²) < 4.78 is 11.5. The van der Waals surface area contributed by atoms with Crippen molar-refractivity contribution in [2.45, 2.75) is 38.8 Å². The fraction of sp³-hybridized carbons (Fsp3) is 0.435. The second-order valence-electron chi connectivity index (χ2n) is 7.27. The number of methoxy groups -OCH3 is 1. The second-order valence-corrected chi connectivity index (χ2v) is 7.27. The summed E-state index contributed by atoms with van der Waals surface area (Å²) in [6.07, 6.45) is 1.10. The van der Waals surface area contributed by atoms with E-state index in [0.29, 0.717) is 19.0 Å². The van der Waals surface area contributed by atoms with Crippen LogP contribution in [0, 0.1) is 0 Å². The van der Waals surface area contributed by atoms with Crippen LogP contribution in [0.5, 0.6) is 11.5 Å². The van der Waals surface area contributed by atoms with Gasteiger partial charge in [-0.15, -0.1) is 24.0 Å². The molecule has 0 fully saturated rings. The van der Waals surface area contributed by atoms with Gasteiger partial charge >= 0.3 is 0 Å². The molecule has 30 heavy (non-hydrogen) atoms. The average molecular weight is 525 g/mol. The van der Waals surface area contributed by atoms with Crippen LogP contribution in [0.4, 0.5) is 0 Å². The maximum Gasteiger partial charge on any atom is 0.191 e. The Bertz CT molecular complexity index is 830. The number of guanidine groups is 1. The van der Waals surface area contributed by atoms with Crippen LogP contribution in [-0.4, -0.2) is 44.0 Å². The highest BCUT2D eigenvalue weighted by Crippen LogP contribution is 2.35. The quantitative estimate of drug-likeness (QED) is 0.280. The number of halogens is 1. The van der Waals surface area contributed by atoms with Gasteiger partial charge in [0.05, 0.1) is 20.3 Å². The molecular formula is C23H32IN3O3. The van der Waals surface area contributed by atoms with Gasteiger partial charge in [0, 0.05) is 36.6 Å². The van der Waals surface area contributed by atoms with Crippen LogP contribution in [0.3, 0.4) is 0 Å². The molecule has 0 amide bonds. The maximum atomic E-state index is 9.78. The Kier molecular flexibility index (Phi) is 9.71. The third-order valence-electron chi connectivity index (χ3n) is 5.06. The molecule has 2 aromatic rings. The van der Waals surface area contributed by atoms with Crippen molar-refractivity contribution in [2.75, 3.05) is 26.8 Å². The minimum absolute atomic E-state index is 0. The molecular weight excluding hydrogens is 493 g/mol. The van der Waals surface area contributed by atoms with Crippen molar-refractivity contribution < 1.29 is 14.6 Å². The Labute approximate surface area is 196 Å². The fourth-order valence-electron chi connectivity index (χ4n) is 3.53. The van der Waals surface area contributed by atoms with Crippen molar-refractivity contribution in [2.24, 2.45) is 4.99 Å². The van der Waals surface area contributed by atoms with E-state index < -0.39 is 0 Å². The summed E-state index contributed by atoms with van der Waals surface area (Å²) in [4.78, 5) is 4.71. The zero-order chi connectivity index (χ0) is 20.6. The highest BCUT2D eigenvalue weighted by molar-refractivity contribution is 14.0. The molecule has 0 bridgehead atoms. The number of aliphatic hydroxyl groups is 1. The summed E-state index contributed by atoms with van der Waals surface area (Å²) in [5.74, 6) is 2.47. The molecule has 0 saturated carbocycles. The van der Waals surface area contributed by atoms with Gasteiger partial charge in [0.25, 0.3) is 0 Å². The first-order valence-electron chi connectivity index (χ1n) is 10.2. The number of fused-ring (bicyclic) bond motifs is 1. The van der Waals surface area contributed by atoms with E-state index in [-0.39, 0.29) is 42.6 Å².